The molecule has 0 saturated carbocycles. The third-order valence-corrected chi connectivity index (χ3v) is 3.94. The van der Waals surface area contributed by atoms with E-state index in [1.54, 1.807) is 0 Å². The van der Waals surface area contributed by atoms with E-state index in [1.807, 2.05) is 4.90 Å². The first-order valence-electron chi connectivity index (χ1n) is 5.67. The highest BCUT2D eigenvalue weighted by Gasteiger charge is 2.35. The molecule has 0 amide bonds. The van der Waals surface area contributed by atoms with Gasteiger partial charge in [0.1, 0.15) is 0 Å². The SMILES string of the molecule is CC1CCN(c2ccc(C(F)(F)F)nn2)C1CBr. The molecule has 0 radical (unpaired) electrons. The molecule has 3 nitrogen and oxygen atoms in total. The van der Waals surface area contributed by atoms with E-state index in [9.17, 15) is 13.2 Å². The second kappa shape index (κ2) is 5.03. The molecule has 1 saturated heterocycles. The summed E-state index contributed by atoms with van der Waals surface area (Å²) in [4.78, 5) is 2.01. The molecule has 0 aliphatic carbocycles. The van der Waals surface area contributed by atoms with Gasteiger partial charge in [-0.1, -0.05) is 22.9 Å². The van der Waals surface area contributed by atoms with Crippen LogP contribution in [0.15, 0.2) is 12.1 Å². The van der Waals surface area contributed by atoms with Gasteiger partial charge >= 0.3 is 6.18 Å². The highest BCUT2D eigenvalue weighted by molar-refractivity contribution is 9.09. The quantitative estimate of drug-likeness (QED) is 0.783. The Bertz CT molecular complexity index is 407. The van der Waals surface area contributed by atoms with Crippen molar-refractivity contribution in [1.82, 2.24) is 10.2 Å². The van der Waals surface area contributed by atoms with E-state index in [4.69, 9.17) is 0 Å². The summed E-state index contributed by atoms with van der Waals surface area (Å²) >= 11 is 3.43. The van der Waals surface area contributed by atoms with Crippen LogP contribution in [0.3, 0.4) is 0 Å². The van der Waals surface area contributed by atoms with E-state index in [2.05, 4.69) is 33.1 Å². The average molecular weight is 324 g/mol. The molecule has 18 heavy (non-hydrogen) atoms. The molecule has 1 aliphatic heterocycles. The Morgan fingerprint density at radius 1 is 1.39 bits per heavy atom. The van der Waals surface area contributed by atoms with E-state index < -0.39 is 11.9 Å². The molecule has 1 aromatic heterocycles. The van der Waals surface area contributed by atoms with Gasteiger partial charge in [-0.15, -0.1) is 10.2 Å². The monoisotopic (exact) mass is 323 g/mol. The lowest BCUT2D eigenvalue weighted by Crippen LogP contribution is -2.34. The van der Waals surface area contributed by atoms with E-state index in [0.717, 1.165) is 24.4 Å². The lowest BCUT2D eigenvalue weighted by atomic mass is 10.1. The fourth-order valence-corrected chi connectivity index (χ4v) is 3.15. The minimum Gasteiger partial charge on any atom is -0.351 e. The maximum Gasteiger partial charge on any atom is 0.435 e. The maximum atomic E-state index is 12.4. The predicted molar refractivity (Wildman–Crippen MR) is 65.7 cm³/mol. The molecule has 2 atom stereocenters. The first-order valence-corrected chi connectivity index (χ1v) is 6.79. The van der Waals surface area contributed by atoms with Crippen LogP contribution in [0.1, 0.15) is 19.0 Å². The van der Waals surface area contributed by atoms with Crippen molar-refractivity contribution in [2.24, 2.45) is 5.92 Å². The second-order valence-electron chi connectivity index (χ2n) is 4.46. The van der Waals surface area contributed by atoms with Gasteiger partial charge in [0.15, 0.2) is 11.5 Å². The average Bonchev–Trinajstić information content (AvgIpc) is 2.69. The van der Waals surface area contributed by atoms with Crippen molar-refractivity contribution >= 4 is 21.7 Å². The van der Waals surface area contributed by atoms with Crippen LogP contribution in [0.2, 0.25) is 0 Å². The van der Waals surface area contributed by atoms with Gasteiger partial charge in [0.2, 0.25) is 0 Å². The molecule has 2 unspecified atom stereocenters. The van der Waals surface area contributed by atoms with Crippen LogP contribution in [0.4, 0.5) is 19.0 Å². The third kappa shape index (κ3) is 2.60. The molecule has 1 aromatic rings. The fraction of sp³-hybridized carbons (Fsp3) is 0.636. The van der Waals surface area contributed by atoms with Crippen molar-refractivity contribution in [1.29, 1.82) is 0 Å². The lowest BCUT2D eigenvalue weighted by molar-refractivity contribution is -0.141. The van der Waals surface area contributed by atoms with Crippen molar-refractivity contribution in [3.63, 3.8) is 0 Å². The van der Waals surface area contributed by atoms with Crippen LogP contribution in [0, 0.1) is 5.92 Å². The van der Waals surface area contributed by atoms with Crippen LogP contribution < -0.4 is 4.90 Å². The van der Waals surface area contributed by atoms with Crippen molar-refractivity contribution in [2.45, 2.75) is 25.6 Å². The third-order valence-electron chi connectivity index (χ3n) is 3.28. The molecule has 2 rings (SSSR count). The summed E-state index contributed by atoms with van der Waals surface area (Å²) in [6, 6.07) is 2.64. The summed E-state index contributed by atoms with van der Waals surface area (Å²) in [5.41, 5.74) is -0.950. The summed E-state index contributed by atoms with van der Waals surface area (Å²) in [5.74, 6) is 1.00. The van der Waals surface area contributed by atoms with Crippen LogP contribution in [-0.4, -0.2) is 28.1 Å². The van der Waals surface area contributed by atoms with E-state index in [-0.39, 0.29) is 6.04 Å². The number of alkyl halides is 4. The number of anilines is 1. The van der Waals surface area contributed by atoms with E-state index >= 15 is 0 Å². The van der Waals surface area contributed by atoms with Gasteiger partial charge in [0, 0.05) is 17.9 Å². The Morgan fingerprint density at radius 3 is 2.61 bits per heavy atom. The van der Waals surface area contributed by atoms with Gasteiger partial charge in [-0.25, -0.2) is 0 Å². The number of hydrogen-bond acceptors (Lipinski definition) is 3. The van der Waals surface area contributed by atoms with E-state index in [1.165, 1.54) is 6.07 Å². The molecule has 7 heteroatoms. The van der Waals surface area contributed by atoms with Crippen molar-refractivity contribution < 1.29 is 13.2 Å². The lowest BCUT2D eigenvalue weighted by Gasteiger charge is -2.25. The van der Waals surface area contributed by atoms with Crippen LogP contribution in [-0.2, 0) is 6.18 Å². The number of aromatic nitrogens is 2. The molecule has 0 bridgehead atoms. The Kier molecular flexibility index (Phi) is 3.79. The number of nitrogens with zero attached hydrogens (tertiary/aromatic N) is 3. The molecule has 2 heterocycles. The van der Waals surface area contributed by atoms with Gasteiger partial charge in [0.05, 0.1) is 0 Å². The number of halogens is 4. The maximum absolute atomic E-state index is 12.4. The first kappa shape index (κ1) is 13.6. The minimum atomic E-state index is -4.43. The van der Waals surface area contributed by atoms with Crippen molar-refractivity contribution in [2.75, 3.05) is 16.8 Å². The van der Waals surface area contributed by atoms with Crippen molar-refractivity contribution in [3.05, 3.63) is 17.8 Å². The summed E-state index contributed by atoms with van der Waals surface area (Å²) < 4.78 is 37.1. The molecular weight excluding hydrogens is 311 g/mol. The zero-order chi connectivity index (χ0) is 13.3. The predicted octanol–water partition coefficient (Wildman–Crippen LogP) is 3.11. The van der Waals surface area contributed by atoms with Gasteiger partial charge in [-0.3, -0.25) is 0 Å². The normalized spacial score (nSPS) is 24.6. The highest BCUT2D eigenvalue weighted by atomic mass is 79.9. The molecule has 1 fully saturated rings. The summed E-state index contributed by atoms with van der Waals surface area (Å²) in [5, 5.41) is 7.73. The zero-order valence-corrected chi connectivity index (χ0v) is 11.4. The molecule has 0 spiro atoms. The molecule has 0 aromatic carbocycles. The van der Waals surface area contributed by atoms with E-state index in [0.29, 0.717) is 11.7 Å². The Hall–Kier alpha value is -0.850. The van der Waals surface area contributed by atoms with Gasteiger partial charge in [-0.2, -0.15) is 13.2 Å². The van der Waals surface area contributed by atoms with Crippen LogP contribution in [0.5, 0.6) is 0 Å². The molecule has 100 valence electrons. The molecule has 0 N–H and O–H groups in total. The zero-order valence-electron chi connectivity index (χ0n) is 9.78. The topological polar surface area (TPSA) is 29.0 Å². The second-order valence-corrected chi connectivity index (χ2v) is 5.10. The summed E-state index contributed by atoms with van der Waals surface area (Å²) in [7, 11) is 0. The van der Waals surface area contributed by atoms with Gasteiger partial charge < -0.3 is 4.90 Å². The Morgan fingerprint density at radius 2 is 2.11 bits per heavy atom. The van der Waals surface area contributed by atoms with Crippen molar-refractivity contribution in [3.8, 4) is 0 Å². The standard InChI is InChI=1S/C11H13BrF3N3/c1-7-4-5-18(8(7)6-12)10-3-2-9(16-17-10)11(13,14)15/h2-3,7-8H,4-6H2,1H3. The molecule has 1 aliphatic rings. The first-order chi connectivity index (χ1) is 8.43. The largest absolute Gasteiger partial charge is 0.435 e. The smallest absolute Gasteiger partial charge is 0.351 e. The molecular formula is C11H13BrF3N3. The van der Waals surface area contributed by atoms with Crippen LogP contribution in [0.25, 0.3) is 0 Å². The Balaban J connectivity index is 2.20. The summed E-state index contributed by atoms with van der Waals surface area (Å²) in [6.45, 7) is 2.93. The fourth-order valence-electron chi connectivity index (χ4n) is 2.16. The summed E-state index contributed by atoms with van der Waals surface area (Å²) in [6.07, 6.45) is -3.42. The van der Waals surface area contributed by atoms with Gasteiger partial charge in [0.25, 0.3) is 0 Å². The number of rotatable bonds is 2. The minimum absolute atomic E-state index is 0.260. The van der Waals surface area contributed by atoms with Gasteiger partial charge in [-0.05, 0) is 24.5 Å². The van der Waals surface area contributed by atoms with Crippen LogP contribution >= 0.6 is 15.9 Å². The number of hydrogen-bond donors (Lipinski definition) is 0. The Labute approximate surface area is 112 Å². The highest BCUT2D eigenvalue weighted by Crippen LogP contribution is 2.31.